The molecule has 5 rings (SSSR count). The average Bonchev–Trinajstić information content (AvgIpc) is 3.12. The van der Waals surface area contributed by atoms with E-state index in [0.29, 0.717) is 34.6 Å². The third kappa shape index (κ3) is 3.74. The van der Waals surface area contributed by atoms with Crippen molar-refractivity contribution in [1.82, 2.24) is 24.6 Å². The Labute approximate surface area is 192 Å². The maximum Gasteiger partial charge on any atom is 0.255 e. The van der Waals surface area contributed by atoms with Gasteiger partial charge in [-0.05, 0) is 62.2 Å². The monoisotopic (exact) mass is 442 g/mol. The van der Waals surface area contributed by atoms with Crippen LogP contribution in [0.25, 0.3) is 16.9 Å². The van der Waals surface area contributed by atoms with Crippen LogP contribution in [0.5, 0.6) is 5.88 Å². The molecule has 8 nitrogen and oxygen atoms in total. The van der Waals surface area contributed by atoms with Gasteiger partial charge in [-0.3, -0.25) is 9.69 Å². The highest BCUT2D eigenvalue weighted by molar-refractivity contribution is 5.94. The van der Waals surface area contributed by atoms with E-state index in [1.165, 1.54) is 30.1 Å². The van der Waals surface area contributed by atoms with Gasteiger partial charge in [0.1, 0.15) is 0 Å². The number of hydrogen-bond donors (Lipinski definition) is 1. The van der Waals surface area contributed by atoms with Gasteiger partial charge >= 0.3 is 0 Å². The highest BCUT2D eigenvalue weighted by Gasteiger charge is 2.37. The molecule has 0 bridgehead atoms. The van der Waals surface area contributed by atoms with Crippen molar-refractivity contribution in [2.75, 3.05) is 20.1 Å². The SMILES string of the molecule is Cc1cc(C#N)ccc1-c1cnn(-c2ccc(C(=O)N3CC(N(C)C4CCC4)C3)cn2)c1O. The first-order valence-corrected chi connectivity index (χ1v) is 11.2. The Kier molecular flexibility index (Phi) is 5.35. The van der Waals surface area contributed by atoms with Crippen LogP contribution in [0.4, 0.5) is 0 Å². The lowest BCUT2D eigenvalue weighted by molar-refractivity contribution is 0.00718. The standard InChI is InChI=1S/C25H26N6O2/c1-16-10-17(11-26)6-8-21(16)22-13-28-31(25(22)33)23-9-7-18(12-27-23)24(32)30-14-20(15-30)29(2)19-4-3-5-19/h6-10,12-13,19-20,33H,3-5,14-15H2,1-2H3. The Morgan fingerprint density at radius 3 is 2.55 bits per heavy atom. The van der Waals surface area contributed by atoms with E-state index in [1.54, 1.807) is 36.5 Å². The maximum atomic E-state index is 12.8. The Hall–Kier alpha value is -3.70. The lowest BCUT2D eigenvalue weighted by Crippen LogP contribution is -2.62. The summed E-state index contributed by atoms with van der Waals surface area (Å²) < 4.78 is 1.34. The summed E-state index contributed by atoms with van der Waals surface area (Å²) in [5.41, 5.74) is 3.31. The van der Waals surface area contributed by atoms with Crippen molar-refractivity contribution in [3.05, 3.63) is 59.4 Å². The van der Waals surface area contributed by atoms with E-state index < -0.39 is 0 Å². The number of aromatic nitrogens is 3. The number of aromatic hydroxyl groups is 1. The molecule has 1 aromatic carbocycles. The molecule has 1 saturated heterocycles. The van der Waals surface area contributed by atoms with E-state index in [1.807, 2.05) is 11.8 Å². The van der Waals surface area contributed by atoms with E-state index in [4.69, 9.17) is 5.26 Å². The Morgan fingerprint density at radius 1 is 1.15 bits per heavy atom. The van der Waals surface area contributed by atoms with Gasteiger partial charge in [-0.25, -0.2) is 4.98 Å². The Morgan fingerprint density at radius 2 is 1.94 bits per heavy atom. The first-order valence-electron chi connectivity index (χ1n) is 11.2. The van der Waals surface area contributed by atoms with Gasteiger partial charge < -0.3 is 10.0 Å². The van der Waals surface area contributed by atoms with Crippen molar-refractivity contribution in [3.8, 4) is 28.9 Å². The number of hydrogen-bond acceptors (Lipinski definition) is 6. The predicted molar refractivity (Wildman–Crippen MR) is 123 cm³/mol. The predicted octanol–water partition coefficient (Wildman–Crippen LogP) is 3.13. The summed E-state index contributed by atoms with van der Waals surface area (Å²) in [5, 5.41) is 24.1. The number of nitrogens with zero attached hydrogens (tertiary/aromatic N) is 6. The number of amides is 1. The van der Waals surface area contributed by atoms with E-state index in [0.717, 1.165) is 24.2 Å². The van der Waals surface area contributed by atoms with Crippen molar-refractivity contribution in [1.29, 1.82) is 5.26 Å². The minimum atomic E-state index is -0.0426. The molecule has 2 fully saturated rings. The number of rotatable bonds is 5. The van der Waals surface area contributed by atoms with Crippen LogP contribution in [-0.4, -0.2) is 67.8 Å². The van der Waals surface area contributed by atoms with Gasteiger partial charge in [-0.2, -0.15) is 15.0 Å². The summed E-state index contributed by atoms with van der Waals surface area (Å²) >= 11 is 0. The molecule has 8 heteroatoms. The van der Waals surface area contributed by atoms with Crippen LogP contribution < -0.4 is 0 Å². The zero-order valence-electron chi connectivity index (χ0n) is 18.8. The molecule has 1 aliphatic carbocycles. The zero-order valence-corrected chi connectivity index (χ0v) is 18.8. The van der Waals surface area contributed by atoms with Crippen molar-refractivity contribution >= 4 is 5.91 Å². The molecule has 2 aromatic heterocycles. The molecule has 1 N–H and O–H groups in total. The van der Waals surface area contributed by atoms with Crippen LogP contribution in [0.3, 0.4) is 0 Å². The van der Waals surface area contributed by atoms with E-state index in [9.17, 15) is 9.90 Å². The van der Waals surface area contributed by atoms with Crippen molar-refractivity contribution in [2.45, 2.75) is 38.3 Å². The fourth-order valence-electron chi connectivity index (χ4n) is 4.53. The summed E-state index contributed by atoms with van der Waals surface area (Å²) in [7, 11) is 2.16. The van der Waals surface area contributed by atoms with Crippen LogP contribution in [0.1, 0.15) is 40.7 Å². The average molecular weight is 443 g/mol. The molecule has 0 radical (unpaired) electrons. The molecule has 0 spiro atoms. The molecule has 3 aromatic rings. The lowest BCUT2D eigenvalue weighted by Gasteiger charge is -2.48. The van der Waals surface area contributed by atoms with Gasteiger partial charge in [0, 0.05) is 31.4 Å². The Balaban J connectivity index is 1.28. The summed E-state index contributed by atoms with van der Waals surface area (Å²) in [6.07, 6.45) is 6.94. The first kappa shape index (κ1) is 21.2. The lowest BCUT2D eigenvalue weighted by atomic mass is 9.89. The summed E-state index contributed by atoms with van der Waals surface area (Å²) in [6, 6.07) is 11.9. The minimum absolute atomic E-state index is 0.0223. The summed E-state index contributed by atoms with van der Waals surface area (Å²) in [6.45, 7) is 3.39. The normalized spacial score (nSPS) is 16.4. The zero-order chi connectivity index (χ0) is 23.1. The minimum Gasteiger partial charge on any atom is -0.493 e. The molecule has 1 saturated carbocycles. The molecular formula is C25H26N6O2. The molecule has 3 heterocycles. The molecule has 1 aliphatic heterocycles. The third-order valence-corrected chi connectivity index (χ3v) is 6.98. The van der Waals surface area contributed by atoms with Gasteiger partial charge in [0.25, 0.3) is 5.91 Å². The number of carbonyl (C=O) groups is 1. The topological polar surface area (TPSA) is 98.3 Å². The van der Waals surface area contributed by atoms with Crippen LogP contribution >= 0.6 is 0 Å². The van der Waals surface area contributed by atoms with Gasteiger partial charge in [0.2, 0.25) is 5.88 Å². The van der Waals surface area contributed by atoms with E-state index >= 15 is 0 Å². The number of aryl methyl sites for hydroxylation is 1. The Bertz CT molecular complexity index is 1230. The largest absolute Gasteiger partial charge is 0.493 e. The second-order valence-corrected chi connectivity index (χ2v) is 8.95. The number of likely N-dealkylation sites (N-methyl/N-ethyl adjacent to an activating group) is 1. The van der Waals surface area contributed by atoms with Crippen molar-refractivity contribution in [2.24, 2.45) is 0 Å². The van der Waals surface area contributed by atoms with Crippen LogP contribution in [0, 0.1) is 18.3 Å². The molecule has 0 atom stereocenters. The van der Waals surface area contributed by atoms with E-state index in [2.05, 4.69) is 28.1 Å². The van der Waals surface area contributed by atoms with Gasteiger partial charge in [-0.15, -0.1) is 0 Å². The van der Waals surface area contributed by atoms with Crippen LogP contribution in [0.15, 0.2) is 42.7 Å². The van der Waals surface area contributed by atoms with E-state index in [-0.39, 0.29) is 11.8 Å². The third-order valence-electron chi connectivity index (χ3n) is 6.98. The fourth-order valence-corrected chi connectivity index (χ4v) is 4.53. The molecule has 1 amide bonds. The second kappa shape index (κ2) is 8.34. The molecule has 2 aliphatic rings. The molecule has 168 valence electrons. The van der Waals surface area contributed by atoms with Gasteiger partial charge in [0.15, 0.2) is 5.82 Å². The summed E-state index contributed by atoms with van der Waals surface area (Å²) in [5.74, 6) is 0.359. The number of carbonyl (C=O) groups excluding carboxylic acids is 1. The number of likely N-dealkylation sites (tertiary alicyclic amines) is 1. The van der Waals surface area contributed by atoms with Crippen molar-refractivity contribution in [3.63, 3.8) is 0 Å². The van der Waals surface area contributed by atoms with Crippen LogP contribution in [-0.2, 0) is 0 Å². The quantitative estimate of drug-likeness (QED) is 0.652. The first-order chi connectivity index (χ1) is 16.0. The molecule has 33 heavy (non-hydrogen) atoms. The fraction of sp³-hybridized carbons (Fsp3) is 0.360. The van der Waals surface area contributed by atoms with Crippen molar-refractivity contribution < 1.29 is 9.90 Å². The number of nitriles is 1. The highest BCUT2D eigenvalue weighted by Crippen LogP contribution is 2.33. The second-order valence-electron chi connectivity index (χ2n) is 8.95. The van der Waals surface area contributed by atoms with Crippen LogP contribution in [0.2, 0.25) is 0 Å². The number of pyridine rings is 1. The number of benzene rings is 1. The molecular weight excluding hydrogens is 416 g/mol. The smallest absolute Gasteiger partial charge is 0.255 e. The summed E-state index contributed by atoms with van der Waals surface area (Å²) in [4.78, 5) is 21.5. The highest BCUT2D eigenvalue weighted by atomic mass is 16.3. The molecule has 0 unspecified atom stereocenters. The van der Waals surface area contributed by atoms with Gasteiger partial charge in [-0.1, -0.05) is 12.5 Å². The maximum absolute atomic E-state index is 12.8. The van der Waals surface area contributed by atoms with Gasteiger partial charge in [0.05, 0.1) is 29.0 Å².